The van der Waals surface area contributed by atoms with Crippen LogP contribution in [0.2, 0.25) is 0 Å². The largest absolute Gasteiger partial charge is 0.458 e. The van der Waals surface area contributed by atoms with Crippen molar-refractivity contribution in [1.82, 2.24) is 0 Å². The van der Waals surface area contributed by atoms with Gasteiger partial charge in [-0.25, -0.2) is 9.68 Å². The van der Waals surface area contributed by atoms with Gasteiger partial charge in [0.1, 0.15) is 11.7 Å². The van der Waals surface area contributed by atoms with Crippen molar-refractivity contribution in [1.29, 1.82) is 0 Å². The van der Waals surface area contributed by atoms with Gasteiger partial charge in [-0.15, -0.1) is 0 Å². The van der Waals surface area contributed by atoms with Crippen LogP contribution >= 0.6 is 0 Å². The number of rotatable bonds is 1. The number of ketones is 1. The van der Waals surface area contributed by atoms with E-state index in [2.05, 4.69) is 11.5 Å². The van der Waals surface area contributed by atoms with Gasteiger partial charge in [0.05, 0.1) is 0 Å². The first-order valence-corrected chi connectivity index (χ1v) is 6.79. The molecule has 1 heterocycles. The summed E-state index contributed by atoms with van der Waals surface area (Å²) in [6, 6.07) is 0. The Balaban J connectivity index is 2.11. The number of hydrogen-bond acceptors (Lipinski definition) is 5. The molecule has 20 heavy (non-hydrogen) atoms. The van der Waals surface area contributed by atoms with Crippen LogP contribution in [0.25, 0.3) is 0 Å². The lowest BCUT2D eigenvalue weighted by atomic mass is 9.53. The van der Waals surface area contributed by atoms with Crippen molar-refractivity contribution >= 4 is 11.8 Å². The van der Waals surface area contributed by atoms with E-state index in [1.165, 1.54) is 6.08 Å². The summed E-state index contributed by atoms with van der Waals surface area (Å²) in [5.41, 5.74) is -1.28. The Morgan fingerprint density at radius 2 is 2.15 bits per heavy atom. The standard InChI is InChI=1S/C15H18O5/c1-8-9-4-6-14(2)10(16)5-7-15(3,20-18)12(14)11(9)19-13(8)17/h5,7,9,11-12,18H,1,4,6H2,2-3H3. The third kappa shape index (κ3) is 1.50. The summed E-state index contributed by atoms with van der Waals surface area (Å²) in [4.78, 5) is 28.8. The minimum atomic E-state index is -1.04. The van der Waals surface area contributed by atoms with Gasteiger partial charge in [0.25, 0.3) is 0 Å². The number of esters is 1. The van der Waals surface area contributed by atoms with Gasteiger partial charge in [0.2, 0.25) is 0 Å². The molecule has 0 amide bonds. The number of fused-ring (bicyclic) bond motifs is 3. The Morgan fingerprint density at radius 3 is 2.80 bits per heavy atom. The van der Waals surface area contributed by atoms with Gasteiger partial charge >= 0.3 is 5.97 Å². The molecule has 0 aromatic rings. The quantitative estimate of drug-likeness (QED) is 0.343. The van der Waals surface area contributed by atoms with Gasteiger partial charge in [-0.1, -0.05) is 13.5 Å². The Morgan fingerprint density at radius 1 is 1.45 bits per heavy atom. The summed E-state index contributed by atoms with van der Waals surface area (Å²) in [6.45, 7) is 7.35. The molecule has 108 valence electrons. The van der Waals surface area contributed by atoms with Crippen molar-refractivity contribution < 1.29 is 24.5 Å². The Kier molecular flexibility index (Phi) is 2.72. The van der Waals surface area contributed by atoms with Crippen LogP contribution in [-0.4, -0.2) is 28.7 Å². The van der Waals surface area contributed by atoms with Gasteiger partial charge < -0.3 is 4.74 Å². The first-order chi connectivity index (χ1) is 9.33. The number of allylic oxidation sites excluding steroid dienone is 1. The highest BCUT2D eigenvalue weighted by Crippen LogP contribution is 2.56. The third-order valence-corrected chi connectivity index (χ3v) is 5.28. The lowest BCUT2D eigenvalue weighted by Crippen LogP contribution is -2.59. The Bertz CT molecular complexity index is 536. The van der Waals surface area contributed by atoms with Gasteiger partial charge in [-0.3, -0.25) is 10.1 Å². The molecule has 1 aliphatic heterocycles. The summed E-state index contributed by atoms with van der Waals surface area (Å²) in [5, 5.41) is 9.32. The zero-order valence-electron chi connectivity index (χ0n) is 11.6. The normalized spacial score (nSPS) is 47.0. The molecule has 5 nitrogen and oxygen atoms in total. The molecule has 0 aromatic heterocycles. The van der Waals surface area contributed by atoms with E-state index < -0.39 is 29.0 Å². The highest BCUT2D eigenvalue weighted by atomic mass is 17.1. The third-order valence-electron chi connectivity index (χ3n) is 5.28. The number of ether oxygens (including phenoxy) is 1. The predicted molar refractivity (Wildman–Crippen MR) is 69.6 cm³/mol. The second-order valence-corrected chi connectivity index (χ2v) is 6.41. The molecular weight excluding hydrogens is 260 g/mol. The zero-order chi connectivity index (χ0) is 14.7. The van der Waals surface area contributed by atoms with Crippen LogP contribution in [0.1, 0.15) is 26.7 Å². The number of carbonyl (C=O) groups excluding carboxylic acids is 2. The van der Waals surface area contributed by atoms with Gasteiger partial charge in [-0.05, 0) is 31.9 Å². The summed E-state index contributed by atoms with van der Waals surface area (Å²) < 4.78 is 5.44. The molecule has 0 aromatic carbocycles. The van der Waals surface area contributed by atoms with Crippen LogP contribution in [0.4, 0.5) is 0 Å². The molecule has 5 unspecified atom stereocenters. The fraction of sp³-hybridized carbons (Fsp3) is 0.600. The monoisotopic (exact) mass is 278 g/mol. The van der Waals surface area contributed by atoms with Crippen LogP contribution in [0.5, 0.6) is 0 Å². The highest BCUT2D eigenvalue weighted by Gasteiger charge is 2.63. The van der Waals surface area contributed by atoms with E-state index in [1.54, 1.807) is 13.0 Å². The van der Waals surface area contributed by atoms with Crippen LogP contribution < -0.4 is 0 Å². The van der Waals surface area contributed by atoms with E-state index in [4.69, 9.17) is 4.74 Å². The molecule has 3 aliphatic rings. The molecule has 3 rings (SSSR count). The van der Waals surface area contributed by atoms with Crippen molar-refractivity contribution in [3.8, 4) is 0 Å². The summed E-state index contributed by atoms with van der Waals surface area (Å²) >= 11 is 0. The molecule has 2 aliphatic carbocycles. The van der Waals surface area contributed by atoms with E-state index in [0.717, 1.165) is 0 Å². The second kappa shape index (κ2) is 4.02. The van der Waals surface area contributed by atoms with Gasteiger partial charge in [-0.2, -0.15) is 0 Å². The topological polar surface area (TPSA) is 72.8 Å². The van der Waals surface area contributed by atoms with Crippen LogP contribution in [-0.2, 0) is 19.2 Å². The van der Waals surface area contributed by atoms with Gasteiger partial charge in [0, 0.05) is 22.8 Å². The number of hydrogen-bond donors (Lipinski definition) is 1. The maximum absolute atomic E-state index is 12.3. The van der Waals surface area contributed by atoms with Crippen molar-refractivity contribution in [3.05, 3.63) is 24.3 Å². The maximum Gasteiger partial charge on any atom is 0.334 e. The van der Waals surface area contributed by atoms with E-state index in [0.29, 0.717) is 18.4 Å². The smallest absolute Gasteiger partial charge is 0.334 e. The van der Waals surface area contributed by atoms with Crippen molar-refractivity contribution in [2.24, 2.45) is 17.3 Å². The zero-order valence-corrected chi connectivity index (χ0v) is 11.6. The van der Waals surface area contributed by atoms with E-state index in [9.17, 15) is 14.8 Å². The molecular formula is C15H18O5. The van der Waals surface area contributed by atoms with Crippen molar-refractivity contribution in [2.75, 3.05) is 0 Å². The minimum Gasteiger partial charge on any atom is -0.458 e. The fourth-order valence-corrected chi connectivity index (χ4v) is 4.10. The van der Waals surface area contributed by atoms with Crippen molar-refractivity contribution in [3.63, 3.8) is 0 Å². The average molecular weight is 278 g/mol. The molecule has 0 bridgehead atoms. The molecule has 1 N–H and O–H groups in total. The van der Waals surface area contributed by atoms with Crippen molar-refractivity contribution in [2.45, 2.75) is 38.4 Å². The summed E-state index contributed by atoms with van der Waals surface area (Å²) in [5.74, 6) is -0.940. The maximum atomic E-state index is 12.3. The number of carbonyl (C=O) groups is 2. The molecule has 2 fully saturated rings. The van der Waals surface area contributed by atoms with Crippen LogP contribution in [0, 0.1) is 17.3 Å². The molecule has 0 radical (unpaired) electrons. The highest BCUT2D eigenvalue weighted by molar-refractivity contribution is 5.97. The minimum absolute atomic E-state index is 0.0102. The van der Waals surface area contributed by atoms with Crippen LogP contribution in [0.3, 0.4) is 0 Å². The summed E-state index contributed by atoms with van der Waals surface area (Å²) in [7, 11) is 0. The first-order valence-electron chi connectivity index (χ1n) is 6.79. The molecule has 0 spiro atoms. The molecule has 1 saturated carbocycles. The lowest BCUT2D eigenvalue weighted by molar-refractivity contribution is -0.334. The van der Waals surface area contributed by atoms with Gasteiger partial charge in [0.15, 0.2) is 5.78 Å². The predicted octanol–water partition coefficient (Wildman–Crippen LogP) is 1.89. The molecule has 5 atom stereocenters. The Labute approximate surface area is 117 Å². The van der Waals surface area contributed by atoms with E-state index in [-0.39, 0.29) is 11.7 Å². The molecule has 5 heteroatoms. The Hall–Kier alpha value is -1.46. The SMILES string of the molecule is C=C1C(=O)OC2C1CCC1(C)C(=O)C=CC(C)(OO)C21. The van der Waals surface area contributed by atoms with E-state index in [1.807, 2.05) is 6.92 Å². The first kappa shape index (κ1) is 13.5. The fourth-order valence-electron chi connectivity index (χ4n) is 4.10. The lowest BCUT2D eigenvalue weighted by Gasteiger charge is -2.52. The summed E-state index contributed by atoms with van der Waals surface area (Å²) in [6.07, 6.45) is 3.84. The van der Waals surface area contributed by atoms with Crippen LogP contribution in [0.15, 0.2) is 24.3 Å². The average Bonchev–Trinajstić information content (AvgIpc) is 2.70. The molecule has 1 saturated heterocycles. The second-order valence-electron chi connectivity index (χ2n) is 6.41. The van der Waals surface area contributed by atoms with E-state index >= 15 is 0 Å².